The van der Waals surface area contributed by atoms with Gasteiger partial charge in [0.1, 0.15) is 5.69 Å². The molecule has 2 aliphatic heterocycles. The molecule has 3 heterocycles. The molecule has 184 valence electrons. The molecule has 0 aliphatic carbocycles. The monoisotopic (exact) mass is 486 g/mol. The minimum absolute atomic E-state index is 0.0781. The van der Waals surface area contributed by atoms with E-state index in [1.165, 1.54) is 35.6 Å². The molecule has 1 unspecified atom stereocenters. The number of hydrogen-bond acceptors (Lipinski definition) is 6. The van der Waals surface area contributed by atoms with E-state index in [-0.39, 0.29) is 24.1 Å². The van der Waals surface area contributed by atoms with Crippen LogP contribution in [-0.4, -0.2) is 71.9 Å². The molecule has 0 saturated carbocycles. The smallest absolute Gasteiger partial charge is 0.371 e. The summed E-state index contributed by atoms with van der Waals surface area (Å²) in [6.07, 6.45) is 0.734. The zero-order valence-corrected chi connectivity index (χ0v) is 19.4. The molecule has 4 rings (SSSR count). The molecule has 1 aromatic carbocycles. The lowest BCUT2D eigenvalue weighted by Gasteiger charge is -2.43. The van der Waals surface area contributed by atoms with Crippen LogP contribution in [0.2, 0.25) is 0 Å². The van der Waals surface area contributed by atoms with Gasteiger partial charge in [0.15, 0.2) is 0 Å². The second-order valence-corrected chi connectivity index (χ2v) is 9.25. The van der Waals surface area contributed by atoms with Gasteiger partial charge in [-0.25, -0.2) is 4.98 Å². The summed E-state index contributed by atoms with van der Waals surface area (Å²) in [5.41, 5.74) is -1.28. The number of likely N-dealkylation sites (tertiary alicyclic amines) is 1. The van der Waals surface area contributed by atoms with Gasteiger partial charge >= 0.3 is 6.18 Å². The van der Waals surface area contributed by atoms with Crippen LogP contribution in [0.25, 0.3) is 0 Å². The fraction of sp³-hybridized carbons (Fsp3) is 0.458. The molecule has 0 N–H and O–H groups in total. The van der Waals surface area contributed by atoms with E-state index in [2.05, 4.69) is 9.97 Å². The topological polar surface area (TPSA) is 93.4 Å². The third-order valence-electron chi connectivity index (χ3n) is 7.01. The Balaban J connectivity index is 1.57. The Morgan fingerprint density at radius 2 is 1.91 bits per heavy atom. The summed E-state index contributed by atoms with van der Waals surface area (Å²) >= 11 is 0. The van der Waals surface area contributed by atoms with Crippen molar-refractivity contribution in [2.45, 2.75) is 19.0 Å². The molecule has 2 aromatic rings. The van der Waals surface area contributed by atoms with Crippen LogP contribution in [0, 0.1) is 22.7 Å². The number of amides is 2. The number of halogens is 3. The number of alkyl halides is 3. The Labute approximate surface area is 201 Å². The number of carbonyl (C=O) groups is 2. The highest BCUT2D eigenvalue weighted by Gasteiger charge is 2.53. The maximum absolute atomic E-state index is 13.4. The van der Waals surface area contributed by atoms with E-state index < -0.39 is 28.6 Å². The van der Waals surface area contributed by atoms with Gasteiger partial charge in [-0.3, -0.25) is 14.6 Å². The highest BCUT2D eigenvalue weighted by Crippen LogP contribution is 2.46. The average molecular weight is 486 g/mol. The Kier molecular flexibility index (Phi) is 6.40. The van der Waals surface area contributed by atoms with E-state index in [1.807, 2.05) is 4.90 Å². The lowest BCUT2D eigenvalue weighted by atomic mass is 9.70. The predicted octanol–water partition coefficient (Wildman–Crippen LogP) is 2.81. The van der Waals surface area contributed by atoms with Gasteiger partial charge in [0.25, 0.3) is 5.91 Å². The second kappa shape index (κ2) is 9.17. The Morgan fingerprint density at radius 3 is 2.49 bits per heavy atom. The van der Waals surface area contributed by atoms with E-state index in [1.54, 1.807) is 25.1 Å². The quantitative estimate of drug-likeness (QED) is 0.663. The number of nitriles is 1. The van der Waals surface area contributed by atoms with Crippen molar-refractivity contribution in [3.8, 4) is 6.07 Å². The van der Waals surface area contributed by atoms with Crippen molar-refractivity contribution < 1.29 is 22.8 Å². The van der Waals surface area contributed by atoms with Gasteiger partial charge in [0, 0.05) is 63.8 Å². The SMILES string of the molecule is CN(C)C(=O)C1CN(C(=O)c2cnccn2)CC12CCN(c1ccc(C#N)c(C(F)(F)F)c1)CC2. The van der Waals surface area contributed by atoms with Gasteiger partial charge in [0.2, 0.25) is 5.91 Å². The van der Waals surface area contributed by atoms with Crippen LogP contribution < -0.4 is 4.90 Å². The summed E-state index contributed by atoms with van der Waals surface area (Å²) in [4.78, 5) is 39.2. The van der Waals surface area contributed by atoms with Crippen molar-refractivity contribution in [2.24, 2.45) is 11.3 Å². The first-order valence-electron chi connectivity index (χ1n) is 11.2. The molecule has 8 nitrogen and oxygen atoms in total. The molecule has 35 heavy (non-hydrogen) atoms. The van der Waals surface area contributed by atoms with E-state index >= 15 is 0 Å². The molecule has 2 saturated heterocycles. The molecule has 2 fully saturated rings. The maximum atomic E-state index is 13.4. The zero-order valence-electron chi connectivity index (χ0n) is 19.4. The Bertz CT molecular complexity index is 1150. The number of piperidine rings is 1. The standard InChI is InChI=1S/C24H25F3N6O2/c1-31(2)21(34)19-14-33(22(35)20-13-29-7-8-30-20)15-23(19)5-9-32(10-6-23)17-4-3-16(12-28)18(11-17)24(25,26)27/h3-4,7-8,11,13,19H,5-6,9-10,14-15H2,1-2H3. The number of benzene rings is 1. The summed E-state index contributed by atoms with van der Waals surface area (Å²) in [5.74, 6) is -0.798. The number of carbonyl (C=O) groups excluding carboxylic acids is 2. The molecule has 1 atom stereocenters. The molecular weight excluding hydrogens is 461 g/mol. The Morgan fingerprint density at radius 1 is 1.20 bits per heavy atom. The van der Waals surface area contributed by atoms with Crippen LogP contribution in [0.1, 0.15) is 34.5 Å². The summed E-state index contributed by atoms with van der Waals surface area (Å²) in [7, 11) is 3.35. The molecule has 2 aliphatic rings. The van der Waals surface area contributed by atoms with Crippen LogP contribution in [0.15, 0.2) is 36.8 Å². The molecular formula is C24H25F3N6O2. The minimum Gasteiger partial charge on any atom is -0.371 e. The van der Waals surface area contributed by atoms with Gasteiger partial charge in [-0.05, 0) is 31.0 Å². The summed E-state index contributed by atoms with van der Waals surface area (Å²) in [5, 5.41) is 9.06. The molecule has 0 radical (unpaired) electrons. The first kappa shape index (κ1) is 24.4. The lowest BCUT2D eigenvalue weighted by molar-refractivity contribution is -0.138. The van der Waals surface area contributed by atoms with Crippen LogP contribution in [0.5, 0.6) is 0 Å². The van der Waals surface area contributed by atoms with Gasteiger partial charge in [-0.2, -0.15) is 18.4 Å². The molecule has 1 aromatic heterocycles. The van der Waals surface area contributed by atoms with E-state index in [9.17, 15) is 22.8 Å². The van der Waals surface area contributed by atoms with Gasteiger partial charge < -0.3 is 14.7 Å². The maximum Gasteiger partial charge on any atom is 0.417 e. The normalized spacial score (nSPS) is 19.5. The molecule has 1 spiro atoms. The highest BCUT2D eigenvalue weighted by atomic mass is 19.4. The minimum atomic E-state index is -4.63. The van der Waals surface area contributed by atoms with Crippen LogP contribution in [0.3, 0.4) is 0 Å². The lowest BCUT2D eigenvalue weighted by Crippen LogP contribution is -2.48. The number of nitrogens with zero attached hydrogens (tertiary/aromatic N) is 6. The second-order valence-electron chi connectivity index (χ2n) is 9.25. The van der Waals surface area contributed by atoms with Crippen LogP contribution >= 0.6 is 0 Å². The van der Waals surface area contributed by atoms with Gasteiger partial charge in [-0.15, -0.1) is 0 Å². The zero-order chi connectivity index (χ0) is 25.4. The summed E-state index contributed by atoms with van der Waals surface area (Å²) in [6, 6.07) is 5.33. The Hall–Kier alpha value is -3.68. The number of hydrogen-bond donors (Lipinski definition) is 0. The number of aromatic nitrogens is 2. The fourth-order valence-electron chi connectivity index (χ4n) is 5.12. The van der Waals surface area contributed by atoms with Crippen LogP contribution in [0.4, 0.5) is 18.9 Å². The predicted molar refractivity (Wildman–Crippen MR) is 120 cm³/mol. The van der Waals surface area contributed by atoms with Crippen molar-refractivity contribution in [3.63, 3.8) is 0 Å². The molecule has 2 amide bonds. The largest absolute Gasteiger partial charge is 0.417 e. The third kappa shape index (κ3) is 4.65. The highest BCUT2D eigenvalue weighted by molar-refractivity contribution is 5.93. The number of rotatable bonds is 3. The fourth-order valence-corrected chi connectivity index (χ4v) is 5.12. The van der Waals surface area contributed by atoms with Crippen molar-refractivity contribution in [1.82, 2.24) is 19.8 Å². The van der Waals surface area contributed by atoms with Crippen LogP contribution in [-0.2, 0) is 11.0 Å². The van der Waals surface area contributed by atoms with Crippen molar-refractivity contribution in [3.05, 3.63) is 53.6 Å². The average Bonchev–Trinajstić information content (AvgIpc) is 3.21. The van der Waals surface area contributed by atoms with Crippen molar-refractivity contribution in [1.29, 1.82) is 5.26 Å². The molecule has 0 bridgehead atoms. The van der Waals surface area contributed by atoms with Crippen molar-refractivity contribution in [2.75, 3.05) is 45.2 Å². The number of anilines is 1. The van der Waals surface area contributed by atoms with E-state index in [0.29, 0.717) is 38.2 Å². The summed E-state index contributed by atoms with van der Waals surface area (Å²) in [6.45, 7) is 1.46. The van der Waals surface area contributed by atoms with E-state index in [0.717, 1.165) is 6.07 Å². The van der Waals surface area contributed by atoms with E-state index in [4.69, 9.17) is 5.26 Å². The summed E-state index contributed by atoms with van der Waals surface area (Å²) < 4.78 is 40.3. The van der Waals surface area contributed by atoms with Crippen molar-refractivity contribution >= 4 is 17.5 Å². The third-order valence-corrected chi connectivity index (χ3v) is 7.01. The molecule has 11 heteroatoms. The first-order valence-corrected chi connectivity index (χ1v) is 11.2. The van der Waals surface area contributed by atoms with Gasteiger partial charge in [0.05, 0.1) is 29.3 Å². The first-order chi connectivity index (χ1) is 16.6. The van der Waals surface area contributed by atoms with Gasteiger partial charge in [-0.1, -0.05) is 0 Å².